The molecule has 0 radical (unpaired) electrons. The van der Waals surface area contributed by atoms with Gasteiger partial charge >= 0.3 is 0 Å². The van der Waals surface area contributed by atoms with Gasteiger partial charge in [0, 0.05) is 18.3 Å². The van der Waals surface area contributed by atoms with Crippen LogP contribution in [0.4, 0.5) is 15.8 Å². The van der Waals surface area contributed by atoms with Gasteiger partial charge in [0.2, 0.25) is 6.29 Å². The monoisotopic (exact) mass is 323 g/mol. The molecule has 0 fully saturated rings. The van der Waals surface area contributed by atoms with E-state index in [4.69, 9.17) is 4.99 Å². The maximum absolute atomic E-state index is 13.8. The Hall–Kier alpha value is -2.89. The smallest absolute Gasteiger partial charge is 0.218 e. The van der Waals surface area contributed by atoms with Crippen LogP contribution in [0.3, 0.4) is 0 Å². The molecule has 1 N–H and O–H groups in total. The molecule has 122 valence electrons. The zero-order chi connectivity index (χ0) is 16.8. The minimum atomic E-state index is -0.272. The van der Waals surface area contributed by atoms with Gasteiger partial charge in [-0.1, -0.05) is 6.07 Å². The first kappa shape index (κ1) is 14.7. The van der Waals surface area contributed by atoms with E-state index in [-0.39, 0.29) is 12.1 Å². The predicted octanol–water partition coefficient (Wildman–Crippen LogP) is 2.98. The SMILES string of the molecule is Cc1cc(F)cc(N(C)C2=NC3NN=CN3c3cc(C)ccc32)c1. The van der Waals surface area contributed by atoms with Gasteiger partial charge in [-0.05, 0) is 55.3 Å². The maximum atomic E-state index is 13.8. The number of aliphatic imine (C=N–C) groups is 1. The highest BCUT2D eigenvalue weighted by atomic mass is 19.1. The van der Waals surface area contributed by atoms with Crippen molar-refractivity contribution >= 4 is 23.5 Å². The molecule has 2 aliphatic rings. The molecule has 5 nitrogen and oxygen atoms in total. The van der Waals surface area contributed by atoms with Crippen molar-refractivity contribution in [3.63, 3.8) is 0 Å². The van der Waals surface area contributed by atoms with Crippen molar-refractivity contribution in [1.29, 1.82) is 0 Å². The van der Waals surface area contributed by atoms with Crippen molar-refractivity contribution in [3.05, 3.63) is 58.9 Å². The maximum Gasteiger partial charge on any atom is 0.218 e. The first-order valence-electron chi connectivity index (χ1n) is 7.80. The highest BCUT2D eigenvalue weighted by molar-refractivity contribution is 6.15. The van der Waals surface area contributed by atoms with Crippen LogP contribution in [-0.4, -0.2) is 25.5 Å². The van der Waals surface area contributed by atoms with Crippen molar-refractivity contribution in [1.82, 2.24) is 5.43 Å². The second kappa shape index (κ2) is 5.33. The van der Waals surface area contributed by atoms with Gasteiger partial charge < -0.3 is 4.90 Å². The van der Waals surface area contributed by atoms with Gasteiger partial charge in [-0.15, -0.1) is 0 Å². The number of amidine groups is 1. The van der Waals surface area contributed by atoms with Gasteiger partial charge in [-0.3, -0.25) is 10.3 Å². The van der Waals surface area contributed by atoms with Gasteiger partial charge in [-0.2, -0.15) is 5.10 Å². The topological polar surface area (TPSA) is 43.2 Å². The number of hydrogen-bond donors (Lipinski definition) is 1. The van der Waals surface area contributed by atoms with Crippen molar-refractivity contribution in [2.75, 3.05) is 16.8 Å². The molecule has 0 saturated heterocycles. The molecule has 6 heteroatoms. The van der Waals surface area contributed by atoms with Crippen LogP contribution in [0.5, 0.6) is 0 Å². The number of benzene rings is 2. The Kier molecular flexibility index (Phi) is 3.26. The van der Waals surface area contributed by atoms with Crippen LogP contribution in [-0.2, 0) is 0 Å². The first-order valence-corrected chi connectivity index (χ1v) is 7.80. The molecule has 24 heavy (non-hydrogen) atoms. The molecule has 1 atom stereocenters. The summed E-state index contributed by atoms with van der Waals surface area (Å²) >= 11 is 0. The predicted molar refractivity (Wildman–Crippen MR) is 95.2 cm³/mol. The van der Waals surface area contributed by atoms with E-state index < -0.39 is 0 Å². The Morgan fingerprint density at radius 2 is 1.96 bits per heavy atom. The number of aryl methyl sites for hydroxylation is 2. The normalized spacial score (nSPS) is 17.9. The van der Waals surface area contributed by atoms with E-state index in [1.54, 1.807) is 6.34 Å². The number of halogens is 1. The van der Waals surface area contributed by atoms with Crippen molar-refractivity contribution in [3.8, 4) is 0 Å². The van der Waals surface area contributed by atoms with E-state index in [1.807, 2.05) is 29.8 Å². The van der Waals surface area contributed by atoms with Gasteiger partial charge in [-0.25, -0.2) is 9.38 Å². The standard InChI is InChI=1S/C18H18FN5/c1-11-4-5-15-16(8-11)24-10-20-22-18(24)21-17(15)23(3)14-7-12(2)6-13(19)9-14/h4-10,18,22H,1-3H3. The quantitative estimate of drug-likeness (QED) is 0.877. The third-order valence-electron chi connectivity index (χ3n) is 4.28. The Morgan fingerprint density at radius 3 is 2.75 bits per heavy atom. The Bertz CT molecular complexity index is 853. The summed E-state index contributed by atoms with van der Waals surface area (Å²) in [5, 5.41) is 4.12. The lowest BCUT2D eigenvalue weighted by Gasteiger charge is -2.33. The third kappa shape index (κ3) is 2.31. The number of hydrazone groups is 1. The molecular formula is C18H18FN5. The minimum Gasteiger partial charge on any atom is -0.329 e. The molecule has 2 aromatic carbocycles. The molecule has 0 aromatic heterocycles. The van der Waals surface area contributed by atoms with Gasteiger partial charge in [0.25, 0.3) is 0 Å². The number of rotatable bonds is 1. The van der Waals surface area contributed by atoms with Crippen LogP contribution in [0.2, 0.25) is 0 Å². The van der Waals surface area contributed by atoms with Crippen LogP contribution >= 0.6 is 0 Å². The van der Waals surface area contributed by atoms with E-state index >= 15 is 0 Å². The zero-order valence-electron chi connectivity index (χ0n) is 13.8. The summed E-state index contributed by atoms with van der Waals surface area (Å²) in [6.45, 7) is 3.94. The summed E-state index contributed by atoms with van der Waals surface area (Å²) < 4.78 is 13.8. The summed E-state index contributed by atoms with van der Waals surface area (Å²) in [5.41, 5.74) is 7.83. The molecule has 0 bridgehead atoms. The average molecular weight is 323 g/mol. The summed E-state index contributed by atoms with van der Waals surface area (Å²) in [5.74, 6) is 0.538. The molecule has 0 saturated carbocycles. The highest BCUT2D eigenvalue weighted by Crippen LogP contribution is 2.32. The Labute approximate surface area is 140 Å². The summed E-state index contributed by atoms with van der Waals surface area (Å²) in [6.07, 6.45) is 1.47. The lowest BCUT2D eigenvalue weighted by Crippen LogP contribution is -2.43. The van der Waals surface area contributed by atoms with E-state index in [0.717, 1.165) is 28.3 Å². The fourth-order valence-electron chi connectivity index (χ4n) is 3.10. The van der Waals surface area contributed by atoms with Gasteiger partial charge in [0.15, 0.2) is 0 Å². The number of nitrogens with one attached hydrogen (secondary N) is 1. The molecule has 2 aliphatic heterocycles. The Morgan fingerprint density at radius 1 is 1.12 bits per heavy atom. The average Bonchev–Trinajstić information content (AvgIpc) is 3.01. The van der Waals surface area contributed by atoms with Crippen molar-refractivity contribution < 1.29 is 4.39 Å². The number of fused-ring (bicyclic) bond motifs is 3. The molecular weight excluding hydrogens is 305 g/mol. The summed E-state index contributed by atoms with van der Waals surface area (Å²) in [7, 11) is 1.90. The summed E-state index contributed by atoms with van der Waals surface area (Å²) in [4.78, 5) is 8.68. The van der Waals surface area contributed by atoms with Crippen LogP contribution < -0.4 is 15.2 Å². The molecule has 0 amide bonds. The van der Waals surface area contributed by atoms with E-state index in [1.165, 1.54) is 17.7 Å². The number of hydrogen-bond acceptors (Lipinski definition) is 5. The van der Waals surface area contributed by atoms with E-state index in [9.17, 15) is 4.39 Å². The molecule has 2 aromatic rings. The largest absolute Gasteiger partial charge is 0.329 e. The van der Waals surface area contributed by atoms with E-state index in [2.05, 4.69) is 35.7 Å². The lowest BCUT2D eigenvalue weighted by molar-refractivity contribution is 0.602. The molecule has 2 heterocycles. The molecule has 4 rings (SSSR count). The van der Waals surface area contributed by atoms with E-state index in [0.29, 0.717) is 0 Å². The van der Waals surface area contributed by atoms with Crippen molar-refractivity contribution in [2.45, 2.75) is 20.1 Å². The fourth-order valence-corrected chi connectivity index (χ4v) is 3.10. The first-order chi connectivity index (χ1) is 11.5. The number of nitrogens with zero attached hydrogens (tertiary/aromatic N) is 4. The van der Waals surface area contributed by atoms with Crippen LogP contribution in [0.15, 0.2) is 46.5 Å². The fraction of sp³-hybridized carbons (Fsp3) is 0.222. The van der Waals surface area contributed by atoms with Gasteiger partial charge in [0.05, 0.1) is 5.69 Å². The van der Waals surface area contributed by atoms with Crippen molar-refractivity contribution in [2.24, 2.45) is 10.1 Å². The molecule has 1 unspecified atom stereocenters. The zero-order valence-corrected chi connectivity index (χ0v) is 13.8. The third-order valence-corrected chi connectivity index (χ3v) is 4.28. The minimum absolute atomic E-state index is 0.249. The lowest BCUT2D eigenvalue weighted by atomic mass is 10.0. The van der Waals surface area contributed by atoms with Crippen LogP contribution in [0, 0.1) is 19.7 Å². The number of anilines is 2. The van der Waals surface area contributed by atoms with Crippen LogP contribution in [0.25, 0.3) is 0 Å². The molecule has 0 spiro atoms. The highest BCUT2D eigenvalue weighted by Gasteiger charge is 2.31. The second-order valence-corrected chi connectivity index (χ2v) is 6.17. The second-order valence-electron chi connectivity index (χ2n) is 6.17. The Balaban J connectivity index is 1.83. The molecule has 0 aliphatic carbocycles. The van der Waals surface area contributed by atoms with Gasteiger partial charge in [0.1, 0.15) is 18.0 Å². The van der Waals surface area contributed by atoms with Crippen LogP contribution in [0.1, 0.15) is 16.7 Å². The summed E-state index contributed by atoms with van der Waals surface area (Å²) in [6, 6.07) is 11.2.